The number of para-hydroxylation sites is 2. The minimum atomic E-state index is -0.962. The SMILES string of the molecule is CC1(C)C(=O)Nc2ccccc2N1C(=O)CSc1ncnc2ccsc12. The summed E-state index contributed by atoms with van der Waals surface area (Å²) in [4.78, 5) is 35.6. The third kappa shape index (κ3) is 2.75. The number of carbonyl (C=O) groups excluding carboxylic acids is 2. The number of thioether (sulfide) groups is 1. The number of amides is 2. The van der Waals surface area contributed by atoms with Crippen LogP contribution in [0.4, 0.5) is 11.4 Å². The van der Waals surface area contributed by atoms with E-state index in [1.165, 1.54) is 18.1 Å². The van der Waals surface area contributed by atoms with E-state index in [9.17, 15) is 9.59 Å². The minimum Gasteiger partial charge on any atom is -0.322 e. The van der Waals surface area contributed by atoms with E-state index in [-0.39, 0.29) is 17.6 Å². The van der Waals surface area contributed by atoms with Crippen molar-refractivity contribution in [2.45, 2.75) is 24.4 Å². The van der Waals surface area contributed by atoms with Crippen molar-refractivity contribution in [1.29, 1.82) is 0 Å². The number of carbonyl (C=O) groups is 2. The lowest BCUT2D eigenvalue weighted by atomic mass is 9.96. The van der Waals surface area contributed by atoms with Crippen molar-refractivity contribution in [2.75, 3.05) is 16.0 Å². The van der Waals surface area contributed by atoms with Crippen LogP contribution in [0.1, 0.15) is 13.8 Å². The van der Waals surface area contributed by atoms with Gasteiger partial charge in [-0.1, -0.05) is 23.9 Å². The van der Waals surface area contributed by atoms with Crippen LogP contribution in [0.2, 0.25) is 0 Å². The van der Waals surface area contributed by atoms with E-state index in [0.717, 1.165) is 15.2 Å². The second kappa shape index (κ2) is 6.37. The lowest BCUT2D eigenvalue weighted by Crippen LogP contribution is -2.58. The fourth-order valence-corrected chi connectivity index (χ4v) is 4.76. The molecule has 2 amide bonds. The van der Waals surface area contributed by atoms with Crippen LogP contribution >= 0.6 is 23.1 Å². The first-order valence-electron chi connectivity index (χ1n) is 8.03. The van der Waals surface area contributed by atoms with E-state index in [1.807, 2.05) is 29.6 Å². The molecule has 0 spiro atoms. The Morgan fingerprint density at radius 2 is 2.08 bits per heavy atom. The molecule has 2 aromatic heterocycles. The molecule has 0 fully saturated rings. The van der Waals surface area contributed by atoms with E-state index >= 15 is 0 Å². The number of anilines is 2. The monoisotopic (exact) mass is 384 g/mol. The molecule has 0 saturated heterocycles. The Morgan fingerprint density at radius 3 is 2.92 bits per heavy atom. The molecular formula is C18H16N4O2S2. The van der Waals surface area contributed by atoms with Gasteiger partial charge in [0.1, 0.15) is 16.9 Å². The molecule has 26 heavy (non-hydrogen) atoms. The highest BCUT2D eigenvalue weighted by Gasteiger charge is 2.43. The van der Waals surface area contributed by atoms with Gasteiger partial charge >= 0.3 is 0 Å². The summed E-state index contributed by atoms with van der Waals surface area (Å²) in [6, 6.07) is 9.28. The maximum absolute atomic E-state index is 13.1. The Balaban J connectivity index is 1.63. The normalized spacial score (nSPS) is 15.6. The van der Waals surface area contributed by atoms with Crippen LogP contribution in [-0.2, 0) is 9.59 Å². The summed E-state index contributed by atoms with van der Waals surface area (Å²) in [5.41, 5.74) is 1.28. The smallest absolute Gasteiger partial charge is 0.250 e. The van der Waals surface area contributed by atoms with Crippen molar-refractivity contribution in [3.8, 4) is 0 Å². The van der Waals surface area contributed by atoms with Crippen molar-refractivity contribution in [3.05, 3.63) is 42.0 Å². The topological polar surface area (TPSA) is 75.2 Å². The third-order valence-corrected chi connectivity index (χ3v) is 6.31. The van der Waals surface area contributed by atoms with Crippen molar-refractivity contribution in [2.24, 2.45) is 0 Å². The quantitative estimate of drug-likeness (QED) is 0.552. The molecular weight excluding hydrogens is 368 g/mol. The Morgan fingerprint density at radius 1 is 1.27 bits per heavy atom. The first-order valence-corrected chi connectivity index (χ1v) is 9.89. The summed E-state index contributed by atoms with van der Waals surface area (Å²) in [7, 11) is 0. The van der Waals surface area contributed by atoms with Crippen LogP contribution in [0.5, 0.6) is 0 Å². The molecule has 6 nitrogen and oxygen atoms in total. The highest BCUT2D eigenvalue weighted by atomic mass is 32.2. The van der Waals surface area contributed by atoms with Crippen molar-refractivity contribution < 1.29 is 9.59 Å². The van der Waals surface area contributed by atoms with E-state index in [1.54, 1.807) is 36.2 Å². The molecule has 1 aromatic carbocycles. The molecule has 3 aromatic rings. The number of fused-ring (bicyclic) bond motifs is 2. The molecule has 1 aliphatic heterocycles. The van der Waals surface area contributed by atoms with Gasteiger partial charge in [-0.15, -0.1) is 11.3 Å². The first kappa shape index (κ1) is 17.0. The Hall–Kier alpha value is -2.45. The number of aromatic nitrogens is 2. The second-order valence-electron chi connectivity index (χ2n) is 6.36. The summed E-state index contributed by atoms with van der Waals surface area (Å²) in [5.74, 6) is -0.141. The van der Waals surface area contributed by atoms with Gasteiger partial charge in [-0.05, 0) is 37.4 Å². The van der Waals surface area contributed by atoms with Crippen LogP contribution in [0.3, 0.4) is 0 Å². The largest absolute Gasteiger partial charge is 0.322 e. The summed E-state index contributed by atoms with van der Waals surface area (Å²) in [5, 5.41) is 5.61. The average molecular weight is 384 g/mol. The summed E-state index contributed by atoms with van der Waals surface area (Å²) < 4.78 is 0.973. The van der Waals surface area contributed by atoms with E-state index < -0.39 is 5.54 Å². The van der Waals surface area contributed by atoms with E-state index in [4.69, 9.17) is 0 Å². The Labute approximate surface area is 158 Å². The number of hydrogen-bond acceptors (Lipinski definition) is 6. The standard InChI is InChI=1S/C18H16N4O2S2/c1-18(2)17(24)21-11-5-3-4-6-13(11)22(18)14(23)9-26-16-15-12(7-8-25-15)19-10-20-16/h3-8,10H,9H2,1-2H3,(H,21,24). The fraction of sp³-hybridized carbons (Fsp3) is 0.222. The van der Waals surface area contributed by atoms with E-state index in [0.29, 0.717) is 11.4 Å². The maximum Gasteiger partial charge on any atom is 0.250 e. The van der Waals surface area contributed by atoms with Gasteiger partial charge in [0.15, 0.2) is 0 Å². The highest BCUT2D eigenvalue weighted by Crippen LogP contribution is 2.37. The minimum absolute atomic E-state index is 0.134. The zero-order valence-corrected chi connectivity index (χ0v) is 15.9. The molecule has 0 unspecified atom stereocenters. The summed E-state index contributed by atoms with van der Waals surface area (Å²) in [6.45, 7) is 3.51. The van der Waals surface area contributed by atoms with Crippen LogP contribution < -0.4 is 10.2 Å². The number of nitrogens with zero attached hydrogens (tertiary/aromatic N) is 3. The maximum atomic E-state index is 13.1. The Kier molecular flexibility index (Phi) is 4.16. The molecule has 0 radical (unpaired) electrons. The first-order chi connectivity index (χ1) is 12.5. The predicted molar refractivity (Wildman–Crippen MR) is 105 cm³/mol. The van der Waals surface area contributed by atoms with Gasteiger partial charge in [0, 0.05) is 0 Å². The number of nitrogens with one attached hydrogen (secondary N) is 1. The Bertz CT molecular complexity index is 1020. The molecule has 0 saturated carbocycles. The lowest BCUT2D eigenvalue weighted by Gasteiger charge is -2.42. The molecule has 1 aliphatic rings. The molecule has 0 atom stereocenters. The zero-order chi connectivity index (χ0) is 18.3. The molecule has 4 rings (SSSR count). The van der Waals surface area contributed by atoms with Crippen LogP contribution in [0.15, 0.2) is 47.1 Å². The number of rotatable bonds is 3. The average Bonchev–Trinajstić information content (AvgIpc) is 3.10. The molecule has 0 bridgehead atoms. The van der Waals surface area contributed by atoms with Crippen LogP contribution in [0, 0.1) is 0 Å². The predicted octanol–water partition coefficient (Wildman–Crippen LogP) is 3.55. The van der Waals surface area contributed by atoms with Gasteiger partial charge in [-0.2, -0.15) is 0 Å². The van der Waals surface area contributed by atoms with Gasteiger partial charge in [0.2, 0.25) is 11.8 Å². The van der Waals surface area contributed by atoms with Crippen LogP contribution in [-0.4, -0.2) is 33.1 Å². The molecule has 3 heterocycles. The van der Waals surface area contributed by atoms with Gasteiger partial charge in [0.25, 0.3) is 0 Å². The summed E-state index contributed by atoms with van der Waals surface area (Å²) >= 11 is 2.92. The highest BCUT2D eigenvalue weighted by molar-refractivity contribution is 8.00. The van der Waals surface area contributed by atoms with Crippen molar-refractivity contribution >= 4 is 56.5 Å². The molecule has 1 N–H and O–H groups in total. The van der Waals surface area contributed by atoms with Gasteiger partial charge < -0.3 is 5.32 Å². The number of thiophene rings is 1. The molecule has 0 aliphatic carbocycles. The number of benzene rings is 1. The van der Waals surface area contributed by atoms with E-state index in [2.05, 4.69) is 15.3 Å². The van der Waals surface area contributed by atoms with Gasteiger partial charge in [-0.25, -0.2) is 9.97 Å². The molecule has 132 valence electrons. The molecule has 8 heteroatoms. The zero-order valence-electron chi connectivity index (χ0n) is 14.2. The lowest BCUT2D eigenvalue weighted by molar-refractivity contribution is -0.125. The fourth-order valence-electron chi connectivity index (χ4n) is 2.96. The van der Waals surface area contributed by atoms with Crippen molar-refractivity contribution in [3.63, 3.8) is 0 Å². The van der Waals surface area contributed by atoms with Gasteiger partial charge in [-0.3, -0.25) is 14.5 Å². The van der Waals surface area contributed by atoms with Gasteiger partial charge in [0.05, 0.1) is 27.3 Å². The number of hydrogen-bond donors (Lipinski definition) is 1. The van der Waals surface area contributed by atoms with Crippen molar-refractivity contribution in [1.82, 2.24) is 9.97 Å². The second-order valence-corrected chi connectivity index (χ2v) is 8.24. The third-order valence-electron chi connectivity index (χ3n) is 4.30. The summed E-state index contributed by atoms with van der Waals surface area (Å²) in [6.07, 6.45) is 1.51. The van der Waals surface area contributed by atoms with Crippen LogP contribution in [0.25, 0.3) is 10.2 Å².